The van der Waals surface area contributed by atoms with Crippen molar-refractivity contribution in [3.8, 4) is 15.2 Å². The maximum absolute atomic E-state index is 14.4. The third-order valence-electron chi connectivity index (χ3n) is 20.7. The number of fused-ring (bicyclic) bond motifs is 6. The van der Waals surface area contributed by atoms with Crippen LogP contribution in [0.2, 0.25) is 0 Å². The minimum absolute atomic E-state index is 0.149. The summed E-state index contributed by atoms with van der Waals surface area (Å²) >= 11 is 19.4. The first-order valence-corrected chi connectivity index (χ1v) is 53.6. The fraction of sp³-hybridized carbons (Fsp3) is 0.589. The molecule has 0 radical (unpaired) electrons. The molecule has 12 aromatic rings. The average Bonchev–Trinajstić information content (AvgIpc) is 1.66. The average molecular weight is 1860 g/mol. The van der Waals surface area contributed by atoms with Crippen molar-refractivity contribution >= 4 is 214 Å². The number of thiophene rings is 12. The predicted molar refractivity (Wildman–Crippen MR) is 524 cm³/mol. The van der Waals surface area contributed by atoms with Crippen molar-refractivity contribution in [3.63, 3.8) is 0 Å². The van der Waals surface area contributed by atoms with Gasteiger partial charge in [0.15, 0.2) is 17.5 Å². The Morgan fingerprint density at radius 3 is 0.714 bits per heavy atom. The summed E-state index contributed by atoms with van der Waals surface area (Å²) in [5.41, 5.74) is 0. The first-order chi connectivity index (χ1) is 57.3. The van der Waals surface area contributed by atoms with Gasteiger partial charge in [0.2, 0.25) is 15.2 Å². The summed E-state index contributed by atoms with van der Waals surface area (Å²) in [6.07, 6.45) is 40.6. The summed E-state index contributed by atoms with van der Waals surface area (Å²) in [5, 5.41) is 7.32. The molecule has 0 bridgehead atoms. The molecule has 12 heterocycles. The Morgan fingerprint density at radius 2 is 0.471 bits per heavy atom. The van der Waals surface area contributed by atoms with Crippen LogP contribution in [0.1, 0.15) is 335 Å². The number of carbonyl (C=O) groups is 3. The largest absolute Gasteiger partial charge is 0.482 e. The van der Waals surface area contributed by atoms with E-state index in [4.69, 9.17) is 28.4 Å². The van der Waals surface area contributed by atoms with Crippen LogP contribution < -0.4 is 14.2 Å². The maximum atomic E-state index is 14.4. The van der Waals surface area contributed by atoms with Crippen LogP contribution in [-0.4, -0.2) is 57.5 Å². The van der Waals surface area contributed by atoms with Crippen molar-refractivity contribution in [1.82, 2.24) is 0 Å². The predicted octanol–water partition coefficient (Wildman–Crippen LogP) is 36.1. The van der Waals surface area contributed by atoms with Gasteiger partial charge in [-0.1, -0.05) is 241 Å². The Hall–Kier alpha value is -4.44. The number of ether oxygens (including phenoxy) is 6. The van der Waals surface area contributed by atoms with E-state index in [2.05, 4.69) is 76.2 Å². The van der Waals surface area contributed by atoms with Gasteiger partial charge in [-0.05, 0) is 141 Å². The number of aryl methyl sites for hydroxylation is 12. The molecule has 0 aliphatic carbocycles. The van der Waals surface area contributed by atoms with Crippen LogP contribution in [0.15, 0.2) is 18.2 Å². The number of rotatable bonds is 44. The lowest BCUT2D eigenvalue weighted by atomic mass is 10.1. The molecule has 0 aliphatic rings. The molecule has 0 N–H and O–H groups in total. The molecule has 0 fully saturated rings. The molecule has 0 atom stereocenters. The Kier molecular flexibility index (Phi) is 46.5. The second-order valence-electron chi connectivity index (χ2n) is 30.6. The first kappa shape index (κ1) is 102. The smallest absolute Gasteiger partial charge is 0.348 e. The van der Waals surface area contributed by atoms with Gasteiger partial charge in [0.1, 0.15) is 14.6 Å². The van der Waals surface area contributed by atoms with Gasteiger partial charge in [-0.15, -0.1) is 102 Å². The highest BCUT2D eigenvalue weighted by atomic mass is 32.1. The first-order valence-electron chi connectivity index (χ1n) is 43.8. The summed E-state index contributed by atoms with van der Waals surface area (Å²) < 4.78 is 81.7. The summed E-state index contributed by atoms with van der Waals surface area (Å²) in [7, 11) is 0. The van der Waals surface area contributed by atoms with E-state index in [1.807, 2.05) is 66.7 Å². The molecule has 0 saturated heterocycles. The van der Waals surface area contributed by atoms with Crippen molar-refractivity contribution in [2.75, 3.05) is 39.6 Å². The van der Waals surface area contributed by atoms with E-state index in [9.17, 15) is 27.6 Å². The number of halogens is 3. The van der Waals surface area contributed by atoms with E-state index >= 15 is 0 Å². The van der Waals surface area contributed by atoms with Crippen LogP contribution in [0.25, 0.3) is 60.5 Å². The zero-order valence-corrected chi connectivity index (χ0v) is 84.1. The Morgan fingerprint density at radius 1 is 0.244 bits per heavy atom. The fourth-order valence-electron chi connectivity index (χ4n) is 14.2. The highest BCUT2D eigenvalue weighted by Gasteiger charge is 2.24. The van der Waals surface area contributed by atoms with Crippen LogP contribution in [0, 0.1) is 101 Å². The molecular weight excluding hydrogens is 1730 g/mol. The van der Waals surface area contributed by atoms with E-state index in [0.29, 0.717) is 59.7 Å². The lowest BCUT2D eigenvalue weighted by Gasteiger charge is -2.04. The van der Waals surface area contributed by atoms with E-state index < -0.39 is 0 Å². The summed E-state index contributed by atoms with van der Waals surface area (Å²) in [4.78, 5) is 52.4. The van der Waals surface area contributed by atoms with Gasteiger partial charge in [-0.3, -0.25) is 0 Å². The molecule has 0 unspecified atom stereocenters. The lowest BCUT2D eigenvalue weighted by Crippen LogP contribution is -2.04. The summed E-state index contributed by atoms with van der Waals surface area (Å²) in [5.74, 6) is -1.01. The molecular formula is C95H133F3O9S12. The van der Waals surface area contributed by atoms with E-state index in [-0.39, 0.29) is 35.4 Å². The Balaban J connectivity index is 0.000000199. The van der Waals surface area contributed by atoms with Crippen LogP contribution in [-0.2, 0) is 14.2 Å². The third kappa shape index (κ3) is 31.0. The van der Waals surface area contributed by atoms with Crippen molar-refractivity contribution in [2.24, 2.45) is 0 Å². The normalized spacial score (nSPS) is 11.3. The monoisotopic (exact) mass is 1860 g/mol. The van der Waals surface area contributed by atoms with Gasteiger partial charge < -0.3 is 28.4 Å². The quantitative estimate of drug-likeness (QED) is 0.0210. The van der Waals surface area contributed by atoms with Gasteiger partial charge in [0.25, 0.3) is 0 Å². The molecule has 119 heavy (non-hydrogen) atoms. The SMILES string of the molecule is CCCCCCCCCCCCOC(=O)c1cc2c(C)sc(C)c2s1.CCCCCCCCCCCCOc1sc2c(C)sc(C)c2c1F.CCCCCCCCOC(=O)c1cc2c(C)sc(C)c2s1.CCCCCCCCOc1sc2c(C)sc(C)c2c1F.CCOC(=O)c1cc2c(C)sc(C)c2s1.CCOc1sc2c(C)sc(C)c2c1F. The van der Waals surface area contributed by atoms with Crippen LogP contribution in [0.4, 0.5) is 13.2 Å². The minimum atomic E-state index is -0.206. The molecule has 0 aliphatic heterocycles. The second-order valence-corrected chi connectivity index (χ2v) is 45.3. The number of carbonyl (C=O) groups excluding carboxylic acids is 3. The molecule has 12 aromatic heterocycles. The standard InChI is InChI=1S/C21H32O2S2.C20H31FOS2.C17H24O2S2.C16H23FOS2.C11H12O2S2.C10H11FOS2/c1-4-5-6-7-8-9-10-11-12-13-14-23-21(22)19-15-18-16(2)24-17(3)20(18)25-19;1-4-5-6-7-8-9-10-11-12-13-14-22-20-18(21)17-15(2)23-16(3)19(17)24-20;1-4-5-6-7-8-9-10-19-17(18)15-11-14-12(2)20-13(3)16(14)21-15;1-4-5-6-7-8-9-10-18-16-14(17)13-11(2)19-12(3)15(13)20-16;1-4-13-11(12)9-5-8-6(2)14-7(3)10(8)15-9;1-4-12-10-8(11)7-5(2)13-6(3)9(7)14-10/h15H,4-14H2,1-3H3;4-14H2,1-3H3;11H,4-10H2,1-3H3;4-10H2,1-3H3;5H,4H2,1-3H3;4H2,1-3H3. The van der Waals surface area contributed by atoms with Crippen molar-refractivity contribution < 1.29 is 56.0 Å². The Labute approximate surface area is 757 Å². The highest BCUT2D eigenvalue weighted by molar-refractivity contribution is 7.28. The lowest BCUT2D eigenvalue weighted by molar-refractivity contribution is 0.0494. The number of hydrogen-bond donors (Lipinski definition) is 0. The molecule has 0 amide bonds. The molecule has 660 valence electrons. The maximum Gasteiger partial charge on any atom is 0.348 e. The zero-order valence-electron chi connectivity index (χ0n) is 74.3. The van der Waals surface area contributed by atoms with Crippen molar-refractivity contribution in [3.05, 3.63) is 109 Å². The van der Waals surface area contributed by atoms with E-state index in [1.165, 1.54) is 293 Å². The fourth-order valence-corrected chi connectivity index (χ4v) is 27.8. The van der Waals surface area contributed by atoms with Crippen molar-refractivity contribution in [2.45, 2.75) is 330 Å². The topological polar surface area (TPSA) is 107 Å². The van der Waals surface area contributed by atoms with E-state index in [0.717, 1.165) is 86.7 Å². The Bertz CT molecular complexity index is 4880. The van der Waals surface area contributed by atoms with Gasteiger partial charge in [-0.2, -0.15) is 0 Å². The van der Waals surface area contributed by atoms with Crippen LogP contribution in [0.3, 0.4) is 0 Å². The minimum Gasteiger partial charge on any atom is -0.482 e. The molecule has 0 aromatic carbocycles. The molecule has 12 rings (SSSR count). The summed E-state index contributed by atoms with van der Waals surface area (Å²) in [6, 6.07) is 5.93. The van der Waals surface area contributed by atoms with Gasteiger partial charge in [0, 0.05) is 105 Å². The number of hydrogen-bond acceptors (Lipinski definition) is 21. The molecule has 9 nitrogen and oxygen atoms in total. The van der Waals surface area contributed by atoms with Crippen LogP contribution >= 0.6 is 136 Å². The van der Waals surface area contributed by atoms with Gasteiger partial charge in [0.05, 0.1) is 53.7 Å². The molecule has 0 spiro atoms. The zero-order chi connectivity index (χ0) is 86.5. The highest BCUT2D eigenvalue weighted by Crippen LogP contribution is 2.47. The number of unbranched alkanes of at least 4 members (excludes halogenated alkanes) is 28. The summed E-state index contributed by atoms with van der Waals surface area (Å²) in [6.45, 7) is 40.6. The van der Waals surface area contributed by atoms with Gasteiger partial charge >= 0.3 is 17.9 Å². The number of esters is 3. The molecule has 0 saturated carbocycles. The van der Waals surface area contributed by atoms with Gasteiger partial charge in [-0.25, -0.2) is 27.6 Å². The second kappa shape index (κ2) is 54.4. The third-order valence-corrected chi connectivity index (χ3v) is 34.9. The molecule has 24 heteroatoms. The van der Waals surface area contributed by atoms with E-state index in [1.54, 1.807) is 90.7 Å². The van der Waals surface area contributed by atoms with Crippen LogP contribution in [0.5, 0.6) is 15.2 Å². The van der Waals surface area contributed by atoms with Crippen molar-refractivity contribution in [1.29, 1.82) is 0 Å².